The summed E-state index contributed by atoms with van der Waals surface area (Å²) in [6.07, 6.45) is 6.26. The maximum Gasteiger partial charge on any atom is 0.270 e. The van der Waals surface area contributed by atoms with E-state index in [0.29, 0.717) is 12.3 Å². The average Bonchev–Trinajstić information content (AvgIpc) is 2.84. The molecule has 4 heteroatoms. The Morgan fingerprint density at radius 1 is 1.08 bits per heavy atom. The normalized spacial score (nSPS) is 19.4. The molecule has 2 heterocycles. The summed E-state index contributed by atoms with van der Waals surface area (Å²) in [5.74, 6) is 0.781. The minimum atomic E-state index is -0.0925. The van der Waals surface area contributed by atoms with Gasteiger partial charge < -0.3 is 10.1 Å². The summed E-state index contributed by atoms with van der Waals surface area (Å²) in [6.45, 7) is 0.695. The minimum Gasteiger partial charge on any atom is -0.493 e. The van der Waals surface area contributed by atoms with Crippen LogP contribution in [0.3, 0.4) is 0 Å². The third-order valence-electron chi connectivity index (χ3n) is 4.91. The van der Waals surface area contributed by atoms with Crippen LogP contribution >= 0.6 is 0 Å². The molecule has 4 rings (SSSR count). The number of carbonyl (C=O) groups is 1. The van der Waals surface area contributed by atoms with Crippen LogP contribution in [0.5, 0.6) is 5.75 Å². The molecule has 2 aliphatic rings. The van der Waals surface area contributed by atoms with Crippen LogP contribution in [0.4, 0.5) is 0 Å². The highest BCUT2D eigenvalue weighted by Gasteiger charge is 2.22. The predicted octanol–water partition coefficient (Wildman–Crippen LogP) is 3.60. The van der Waals surface area contributed by atoms with Gasteiger partial charge in [-0.3, -0.25) is 4.79 Å². The molecule has 0 bridgehead atoms. The Morgan fingerprint density at radius 2 is 1.96 bits per heavy atom. The lowest BCUT2D eigenvalue weighted by atomic mass is 9.96. The van der Waals surface area contributed by atoms with Gasteiger partial charge in [0.2, 0.25) is 0 Å². The number of pyridine rings is 1. The fourth-order valence-electron chi connectivity index (χ4n) is 3.62. The topological polar surface area (TPSA) is 51.2 Å². The lowest BCUT2D eigenvalue weighted by Crippen LogP contribution is -2.29. The van der Waals surface area contributed by atoms with E-state index >= 15 is 0 Å². The summed E-state index contributed by atoms with van der Waals surface area (Å²) in [6, 6.07) is 11.9. The molecule has 0 fully saturated rings. The van der Waals surface area contributed by atoms with Gasteiger partial charge in [0.15, 0.2) is 0 Å². The standard InChI is InChI=1S/C20H22N2O2/c23-20(18-12-11-14-6-1-3-8-16(14)21-18)22-17-9-5-13-24-19-10-4-2-7-15(17)19/h2,4,7,10-12,17H,1,3,5-6,8-9,13H2,(H,22,23). The Hall–Kier alpha value is -2.36. The van der Waals surface area contributed by atoms with Gasteiger partial charge >= 0.3 is 0 Å². The number of para-hydroxylation sites is 1. The fraction of sp³-hybridized carbons (Fsp3) is 0.400. The highest BCUT2D eigenvalue weighted by atomic mass is 16.5. The molecule has 1 amide bonds. The second-order valence-corrected chi connectivity index (χ2v) is 6.56. The first-order valence-electron chi connectivity index (χ1n) is 8.82. The number of aryl methyl sites for hydroxylation is 2. The van der Waals surface area contributed by atoms with E-state index in [-0.39, 0.29) is 11.9 Å². The van der Waals surface area contributed by atoms with Crippen molar-refractivity contribution in [2.75, 3.05) is 6.61 Å². The van der Waals surface area contributed by atoms with Gasteiger partial charge in [0, 0.05) is 11.3 Å². The van der Waals surface area contributed by atoms with E-state index < -0.39 is 0 Å². The number of benzene rings is 1. The first-order valence-corrected chi connectivity index (χ1v) is 8.82. The number of carbonyl (C=O) groups excluding carboxylic acids is 1. The molecule has 1 unspecified atom stereocenters. The number of rotatable bonds is 2. The molecule has 0 radical (unpaired) electrons. The van der Waals surface area contributed by atoms with Gasteiger partial charge in [-0.1, -0.05) is 24.3 Å². The Morgan fingerprint density at radius 3 is 2.92 bits per heavy atom. The number of ether oxygens (including phenoxy) is 1. The molecule has 1 atom stereocenters. The number of aromatic nitrogens is 1. The van der Waals surface area contributed by atoms with E-state index in [9.17, 15) is 4.79 Å². The number of hydrogen-bond acceptors (Lipinski definition) is 3. The second kappa shape index (κ2) is 6.63. The van der Waals surface area contributed by atoms with Crippen molar-refractivity contribution in [3.8, 4) is 5.75 Å². The number of amides is 1. The van der Waals surface area contributed by atoms with Crippen molar-refractivity contribution in [2.24, 2.45) is 0 Å². The van der Waals surface area contributed by atoms with Crippen LogP contribution < -0.4 is 10.1 Å². The van der Waals surface area contributed by atoms with Gasteiger partial charge in [-0.2, -0.15) is 0 Å². The molecule has 24 heavy (non-hydrogen) atoms. The molecule has 0 spiro atoms. The number of fused-ring (bicyclic) bond motifs is 2. The third kappa shape index (κ3) is 3.01. The highest BCUT2D eigenvalue weighted by molar-refractivity contribution is 5.92. The summed E-state index contributed by atoms with van der Waals surface area (Å²) >= 11 is 0. The van der Waals surface area contributed by atoms with Crippen molar-refractivity contribution in [2.45, 2.75) is 44.6 Å². The summed E-state index contributed by atoms with van der Waals surface area (Å²) in [5.41, 5.74) is 3.98. The monoisotopic (exact) mass is 322 g/mol. The van der Waals surface area contributed by atoms with E-state index in [1.54, 1.807) is 0 Å². The van der Waals surface area contributed by atoms with Gasteiger partial charge in [0.25, 0.3) is 5.91 Å². The average molecular weight is 322 g/mol. The molecule has 0 saturated heterocycles. The zero-order valence-electron chi connectivity index (χ0n) is 13.8. The Kier molecular flexibility index (Phi) is 4.20. The molecule has 4 nitrogen and oxygen atoms in total. The summed E-state index contributed by atoms with van der Waals surface area (Å²) in [4.78, 5) is 17.3. The number of nitrogens with one attached hydrogen (secondary N) is 1. The summed E-state index contributed by atoms with van der Waals surface area (Å²) in [5, 5.41) is 3.16. The molecule has 1 aliphatic carbocycles. The molecular formula is C20H22N2O2. The molecule has 2 aromatic rings. The van der Waals surface area contributed by atoms with Gasteiger partial charge in [-0.25, -0.2) is 4.98 Å². The zero-order chi connectivity index (χ0) is 16.4. The van der Waals surface area contributed by atoms with Gasteiger partial charge in [0.05, 0.1) is 12.6 Å². The van der Waals surface area contributed by atoms with Crippen LogP contribution in [0.1, 0.15) is 59.0 Å². The molecular weight excluding hydrogens is 300 g/mol. The molecule has 0 saturated carbocycles. The van der Waals surface area contributed by atoms with Crippen molar-refractivity contribution < 1.29 is 9.53 Å². The van der Waals surface area contributed by atoms with Crippen molar-refractivity contribution in [1.29, 1.82) is 0 Å². The molecule has 1 aromatic carbocycles. The maximum absolute atomic E-state index is 12.7. The van der Waals surface area contributed by atoms with E-state index in [1.165, 1.54) is 18.4 Å². The van der Waals surface area contributed by atoms with Crippen molar-refractivity contribution in [3.63, 3.8) is 0 Å². The van der Waals surface area contributed by atoms with Gasteiger partial charge in [0.1, 0.15) is 11.4 Å². The maximum atomic E-state index is 12.7. The first-order chi connectivity index (χ1) is 11.8. The first kappa shape index (κ1) is 15.2. The fourth-order valence-corrected chi connectivity index (χ4v) is 3.62. The van der Waals surface area contributed by atoms with Gasteiger partial charge in [-0.05, 0) is 56.2 Å². The van der Waals surface area contributed by atoms with E-state index in [2.05, 4.69) is 16.4 Å². The quantitative estimate of drug-likeness (QED) is 0.919. The SMILES string of the molecule is O=C(NC1CCCOc2ccccc21)c1ccc2c(n1)CCCC2. The Balaban J connectivity index is 1.56. The van der Waals surface area contributed by atoms with Gasteiger partial charge in [-0.15, -0.1) is 0 Å². The minimum absolute atomic E-state index is 0.0194. The van der Waals surface area contributed by atoms with E-state index in [1.807, 2.05) is 30.3 Å². The van der Waals surface area contributed by atoms with Crippen LogP contribution in [0.25, 0.3) is 0 Å². The zero-order valence-corrected chi connectivity index (χ0v) is 13.8. The number of nitrogens with zero attached hydrogens (tertiary/aromatic N) is 1. The predicted molar refractivity (Wildman–Crippen MR) is 92.3 cm³/mol. The number of hydrogen-bond donors (Lipinski definition) is 1. The van der Waals surface area contributed by atoms with Crippen molar-refractivity contribution in [3.05, 3.63) is 58.9 Å². The highest BCUT2D eigenvalue weighted by Crippen LogP contribution is 2.31. The van der Waals surface area contributed by atoms with Crippen LogP contribution in [0.2, 0.25) is 0 Å². The Bertz CT molecular complexity index is 757. The van der Waals surface area contributed by atoms with Crippen LogP contribution in [-0.2, 0) is 12.8 Å². The summed E-state index contributed by atoms with van der Waals surface area (Å²) in [7, 11) is 0. The third-order valence-corrected chi connectivity index (χ3v) is 4.91. The van der Waals surface area contributed by atoms with E-state index in [0.717, 1.165) is 42.7 Å². The molecule has 1 aliphatic heterocycles. The van der Waals surface area contributed by atoms with Crippen LogP contribution in [0, 0.1) is 0 Å². The second-order valence-electron chi connectivity index (χ2n) is 6.56. The lowest BCUT2D eigenvalue weighted by Gasteiger charge is -2.19. The summed E-state index contributed by atoms with van der Waals surface area (Å²) < 4.78 is 5.77. The lowest BCUT2D eigenvalue weighted by molar-refractivity contribution is 0.0929. The Labute approximate surface area is 142 Å². The largest absolute Gasteiger partial charge is 0.493 e. The van der Waals surface area contributed by atoms with Crippen molar-refractivity contribution in [1.82, 2.24) is 10.3 Å². The molecule has 124 valence electrons. The van der Waals surface area contributed by atoms with Crippen LogP contribution in [-0.4, -0.2) is 17.5 Å². The van der Waals surface area contributed by atoms with Crippen LogP contribution in [0.15, 0.2) is 36.4 Å². The van der Waals surface area contributed by atoms with Crippen molar-refractivity contribution >= 4 is 5.91 Å². The smallest absolute Gasteiger partial charge is 0.270 e. The molecule has 1 aromatic heterocycles. The van der Waals surface area contributed by atoms with E-state index in [4.69, 9.17) is 4.74 Å². The molecule has 1 N–H and O–H groups in total.